The van der Waals surface area contributed by atoms with Crippen molar-refractivity contribution in [3.05, 3.63) is 76.8 Å². The summed E-state index contributed by atoms with van der Waals surface area (Å²) in [6.45, 7) is 2.07. The highest BCUT2D eigenvalue weighted by Crippen LogP contribution is 2.21. The van der Waals surface area contributed by atoms with Crippen LogP contribution in [0.25, 0.3) is 0 Å². The fourth-order valence-electron chi connectivity index (χ4n) is 2.74. The molecule has 1 heterocycles. The van der Waals surface area contributed by atoms with Crippen molar-refractivity contribution in [1.29, 1.82) is 0 Å². The first-order chi connectivity index (χ1) is 13.7. The molecule has 144 valence electrons. The molecule has 0 saturated heterocycles. The molecule has 7 heteroatoms. The Hall–Kier alpha value is -3.06. The number of amides is 2. The highest BCUT2D eigenvalue weighted by atomic mass is 32.1. The lowest BCUT2D eigenvalue weighted by Gasteiger charge is -2.18. The second kappa shape index (κ2) is 9.75. The van der Waals surface area contributed by atoms with Crippen LogP contribution in [0.3, 0.4) is 0 Å². The normalized spacial score (nSPS) is 11.6. The Morgan fingerprint density at radius 1 is 1.00 bits per heavy atom. The monoisotopic (exact) mass is 394 g/mol. The number of carbonyl (C=O) groups excluding carboxylic acids is 2. The van der Waals surface area contributed by atoms with Crippen molar-refractivity contribution < 1.29 is 9.59 Å². The van der Waals surface area contributed by atoms with Gasteiger partial charge in [0.25, 0.3) is 5.91 Å². The molecule has 0 spiro atoms. The molecule has 0 saturated carbocycles. The molecule has 0 aliphatic carbocycles. The van der Waals surface area contributed by atoms with Crippen molar-refractivity contribution >= 4 is 28.3 Å². The highest BCUT2D eigenvalue weighted by molar-refractivity contribution is 7.15. The molecule has 2 amide bonds. The Bertz CT molecular complexity index is 912. The van der Waals surface area contributed by atoms with Crippen LogP contribution in [0.15, 0.2) is 60.7 Å². The van der Waals surface area contributed by atoms with Crippen LogP contribution in [-0.4, -0.2) is 22.0 Å². The van der Waals surface area contributed by atoms with Gasteiger partial charge in [-0.1, -0.05) is 66.8 Å². The smallest absolute Gasteiger partial charge is 0.251 e. The molecule has 3 aromatic rings. The van der Waals surface area contributed by atoms with Gasteiger partial charge in [-0.2, -0.15) is 0 Å². The van der Waals surface area contributed by atoms with Crippen LogP contribution in [0.1, 0.15) is 46.7 Å². The topological polar surface area (TPSA) is 84.0 Å². The van der Waals surface area contributed by atoms with E-state index in [1.807, 2.05) is 48.5 Å². The fraction of sp³-hybridized carbons (Fsp3) is 0.238. The van der Waals surface area contributed by atoms with Crippen LogP contribution < -0.4 is 10.6 Å². The van der Waals surface area contributed by atoms with E-state index in [1.54, 1.807) is 12.1 Å². The van der Waals surface area contributed by atoms with Gasteiger partial charge in [0.2, 0.25) is 11.0 Å². The maximum absolute atomic E-state index is 12.6. The Labute approximate surface area is 168 Å². The zero-order valence-electron chi connectivity index (χ0n) is 15.6. The van der Waals surface area contributed by atoms with E-state index in [4.69, 9.17) is 0 Å². The largest absolute Gasteiger partial charge is 0.345 e. The Balaban J connectivity index is 1.70. The SMILES string of the molecule is CCCc1nnc(NC(=O)C[C@@H](NC(=O)c2ccccc2)c2ccccc2)s1. The van der Waals surface area contributed by atoms with E-state index in [1.165, 1.54) is 11.3 Å². The van der Waals surface area contributed by atoms with Crippen molar-refractivity contribution in [2.45, 2.75) is 32.2 Å². The fourth-order valence-corrected chi connectivity index (χ4v) is 3.60. The molecule has 1 aromatic heterocycles. The number of nitrogens with one attached hydrogen (secondary N) is 2. The molecule has 2 aromatic carbocycles. The zero-order valence-corrected chi connectivity index (χ0v) is 16.4. The lowest BCUT2D eigenvalue weighted by atomic mass is 10.0. The third-order valence-corrected chi connectivity index (χ3v) is 5.01. The second-order valence-corrected chi connectivity index (χ2v) is 7.37. The summed E-state index contributed by atoms with van der Waals surface area (Å²) in [6, 6.07) is 18.0. The molecule has 1 atom stereocenters. The van der Waals surface area contributed by atoms with Crippen LogP contribution in [0, 0.1) is 0 Å². The van der Waals surface area contributed by atoms with E-state index >= 15 is 0 Å². The Morgan fingerprint density at radius 3 is 2.36 bits per heavy atom. The second-order valence-electron chi connectivity index (χ2n) is 6.31. The average molecular weight is 395 g/mol. The number of aromatic nitrogens is 2. The van der Waals surface area contributed by atoms with Crippen molar-refractivity contribution in [1.82, 2.24) is 15.5 Å². The third kappa shape index (κ3) is 5.47. The number of rotatable bonds is 8. The van der Waals surface area contributed by atoms with Crippen LogP contribution in [-0.2, 0) is 11.2 Å². The molecule has 0 unspecified atom stereocenters. The van der Waals surface area contributed by atoms with Gasteiger partial charge >= 0.3 is 0 Å². The van der Waals surface area contributed by atoms with Gasteiger partial charge in [0, 0.05) is 12.0 Å². The summed E-state index contributed by atoms with van der Waals surface area (Å²) in [6.07, 6.45) is 1.92. The Kier molecular flexibility index (Phi) is 6.86. The van der Waals surface area contributed by atoms with Crippen molar-refractivity contribution in [3.8, 4) is 0 Å². The standard InChI is InChI=1S/C21H22N4O2S/c1-2-9-19-24-25-21(28-19)23-18(26)14-17(15-10-5-3-6-11-15)22-20(27)16-12-7-4-8-13-16/h3-8,10-13,17H,2,9,14H2,1H3,(H,22,27)(H,23,25,26)/t17-/m1/s1. The third-order valence-electron chi connectivity index (χ3n) is 4.11. The number of hydrogen-bond acceptors (Lipinski definition) is 5. The van der Waals surface area contributed by atoms with E-state index in [9.17, 15) is 9.59 Å². The number of hydrogen-bond donors (Lipinski definition) is 2. The van der Waals surface area contributed by atoms with Crippen molar-refractivity contribution in [3.63, 3.8) is 0 Å². The van der Waals surface area contributed by atoms with E-state index in [0.717, 1.165) is 23.4 Å². The molecule has 28 heavy (non-hydrogen) atoms. The summed E-state index contributed by atoms with van der Waals surface area (Å²) in [5.41, 5.74) is 1.42. The van der Waals surface area contributed by atoms with Crippen LogP contribution in [0.5, 0.6) is 0 Å². The van der Waals surface area contributed by atoms with E-state index in [-0.39, 0.29) is 18.2 Å². The molecule has 0 bridgehead atoms. The van der Waals surface area contributed by atoms with E-state index in [2.05, 4.69) is 27.8 Å². The summed E-state index contributed by atoms with van der Waals surface area (Å²) in [4.78, 5) is 25.1. The summed E-state index contributed by atoms with van der Waals surface area (Å²) in [5.74, 6) is -0.440. The van der Waals surface area contributed by atoms with Gasteiger partial charge in [0.05, 0.1) is 12.5 Å². The predicted molar refractivity (Wildman–Crippen MR) is 110 cm³/mol. The minimum atomic E-state index is -0.447. The summed E-state index contributed by atoms with van der Waals surface area (Å²) in [5, 5.41) is 15.2. The predicted octanol–water partition coefficient (Wildman–Crippen LogP) is 3.99. The summed E-state index contributed by atoms with van der Waals surface area (Å²) in [7, 11) is 0. The van der Waals surface area contributed by atoms with Gasteiger partial charge in [-0.05, 0) is 24.1 Å². The van der Waals surface area contributed by atoms with E-state index in [0.29, 0.717) is 10.7 Å². The number of aryl methyl sites for hydroxylation is 1. The molecule has 2 N–H and O–H groups in total. The lowest BCUT2D eigenvalue weighted by molar-refractivity contribution is -0.116. The Morgan fingerprint density at radius 2 is 1.68 bits per heavy atom. The summed E-state index contributed by atoms with van der Waals surface area (Å²) < 4.78 is 0. The minimum Gasteiger partial charge on any atom is -0.345 e. The van der Waals surface area contributed by atoms with Crippen molar-refractivity contribution in [2.24, 2.45) is 0 Å². The summed E-state index contributed by atoms with van der Waals surface area (Å²) >= 11 is 1.38. The molecule has 0 aliphatic rings. The molecular weight excluding hydrogens is 372 g/mol. The van der Waals surface area contributed by atoms with Crippen LogP contribution in [0.4, 0.5) is 5.13 Å². The molecule has 6 nitrogen and oxygen atoms in total. The highest BCUT2D eigenvalue weighted by Gasteiger charge is 2.20. The van der Waals surface area contributed by atoms with Crippen molar-refractivity contribution in [2.75, 3.05) is 5.32 Å². The number of anilines is 1. The molecule has 3 rings (SSSR count). The first-order valence-corrected chi connectivity index (χ1v) is 10.0. The average Bonchev–Trinajstić information content (AvgIpc) is 3.16. The van der Waals surface area contributed by atoms with Crippen LogP contribution >= 0.6 is 11.3 Å². The van der Waals surface area contributed by atoms with E-state index < -0.39 is 6.04 Å². The van der Waals surface area contributed by atoms with Gasteiger partial charge < -0.3 is 10.6 Å². The van der Waals surface area contributed by atoms with Gasteiger partial charge in [-0.25, -0.2) is 0 Å². The van der Waals surface area contributed by atoms with Crippen LogP contribution in [0.2, 0.25) is 0 Å². The van der Waals surface area contributed by atoms with Gasteiger partial charge in [0.15, 0.2) is 0 Å². The first-order valence-electron chi connectivity index (χ1n) is 9.18. The molecular formula is C21H22N4O2S. The van der Waals surface area contributed by atoms with Gasteiger partial charge in [0.1, 0.15) is 5.01 Å². The quantitative estimate of drug-likeness (QED) is 0.605. The molecule has 0 radical (unpaired) electrons. The maximum atomic E-state index is 12.6. The molecule has 0 aliphatic heterocycles. The molecule has 0 fully saturated rings. The lowest BCUT2D eigenvalue weighted by Crippen LogP contribution is -2.31. The number of benzene rings is 2. The van der Waals surface area contributed by atoms with Gasteiger partial charge in [-0.15, -0.1) is 10.2 Å². The first kappa shape index (κ1) is 19.7. The number of nitrogens with zero attached hydrogens (tertiary/aromatic N) is 2. The maximum Gasteiger partial charge on any atom is 0.251 e. The van der Waals surface area contributed by atoms with Gasteiger partial charge in [-0.3, -0.25) is 9.59 Å². The number of carbonyl (C=O) groups is 2. The minimum absolute atomic E-state index is 0.102. The zero-order chi connectivity index (χ0) is 19.8.